The highest BCUT2D eigenvalue weighted by molar-refractivity contribution is 6.35. The maximum Gasteiger partial charge on any atom is 0.352 e. The number of nitrogens with zero attached hydrogens (tertiary/aromatic N) is 5. The Bertz CT molecular complexity index is 1330. The van der Waals surface area contributed by atoms with E-state index in [4.69, 9.17) is 27.9 Å². The lowest BCUT2D eigenvalue weighted by Gasteiger charge is -2.12. The second-order valence-corrected chi connectivity index (χ2v) is 7.38. The highest BCUT2D eigenvalue weighted by atomic mass is 35.5. The summed E-state index contributed by atoms with van der Waals surface area (Å²) >= 11 is 12.1. The fraction of sp³-hybridized carbons (Fsp3) is 0.150. The van der Waals surface area contributed by atoms with E-state index in [-0.39, 0.29) is 18.1 Å². The fourth-order valence-corrected chi connectivity index (χ4v) is 3.29. The first kappa shape index (κ1) is 20.1. The third kappa shape index (κ3) is 3.79. The van der Waals surface area contributed by atoms with Crippen molar-refractivity contribution in [1.82, 2.24) is 24.3 Å². The van der Waals surface area contributed by atoms with E-state index >= 15 is 0 Å². The van der Waals surface area contributed by atoms with Crippen molar-refractivity contribution in [3.63, 3.8) is 0 Å². The molecule has 2 aromatic rings. The van der Waals surface area contributed by atoms with Crippen molar-refractivity contribution in [3.8, 4) is 28.7 Å². The lowest BCUT2D eigenvalue weighted by atomic mass is 10.2. The van der Waals surface area contributed by atoms with Gasteiger partial charge in [0, 0.05) is 35.3 Å². The van der Waals surface area contributed by atoms with Gasteiger partial charge in [-0.1, -0.05) is 29.3 Å². The zero-order chi connectivity index (χ0) is 21.4. The molecule has 10 heteroatoms. The van der Waals surface area contributed by atoms with Gasteiger partial charge in [-0.05, 0) is 36.4 Å². The van der Waals surface area contributed by atoms with Gasteiger partial charge >= 0.3 is 5.69 Å². The fourth-order valence-electron chi connectivity index (χ4n) is 2.82. The molecule has 0 amide bonds. The van der Waals surface area contributed by atoms with E-state index in [1.165, 1.54) is 11.7 Å². The van der Waals surface area contributed by atoms with Gasteiger partial charge in [0.2, 0.25) is 0 Å². The van der Waals surface area contributed by atoms with Crippen LogP contribution in [-0.2, 0) is 20.7 Å². The van der Waals surface area contributed by atoms with Crippen LogP contribution in [0.2, 0.25) is 10.0 Å². The lowest BCUT2D eigenvalue weighted by molar-refractivity contribution is 0.306. The molecule has 0 fully saturated rings. The number of halogens is 2. The van der Waals surface area contributed by atoms with Crippen molar-refractivity contribution in [2.24, 2.45) is 14.1 Å². The van der Waals surface area contributed by atoms with Gasteiger partial charge in [-0.2, -0.15) is 10.1 Å². The van der Waals surface area contributed by atoms with Crippen molar-refractivity contribution in [2.45, 2.75) is 6.61 Å². The Kier molecular flexibility index (Phi) is 5.27. The molecule has 0 bridgehead atoms. The van der Waals surface area contributed by atoms with Gasteiger partial charge in [0.25, 0.3) is 5.56 Å². The molecule has 0 N–H and O–H groups in total. The van der Waals surface area contributed by atoms with Crippen LogP contribution in [0.3, 0.4) is 0 Å². The summed E-state index contributed by atoms with van der Waals surface area (Å²) in [5.41, 5.74) is 0.391. The van der Waals surface area contributed by atoms with Gasteiger partial charge in [-0.15, -0.1) is 0 Å². The highest BCUT2D eigenvalue weighted by Gasteiger charge is 2.19. The topological polar surface area (TPSA) is 91.9 Å². The van der Waals surface area contributed by atoms with Crippen LogP contribution >= 0.6 is 23.2 Å². The first-order chi connectivity index (χ1) is 14.3. The molecule has 0 spiro atoms. The largest absolute Gasteiger partial charge is 0.489 e. The Morgan fingerprint density at radius 2 is 1.73 bits per heavy atom. The van der Waals surface area contributed by atoms with E-state index in [0.717, 1.165) is 10.1 Å². The monoisotopic (exact) mass is 443 g/mol. The number of hydrogen-bond acceptors (Lipinski definition) is 6. The molecular formula is C20H15Cl2N5O3. The Morgan fingerprint density at radius 1 is 1.00 bits per heavy atom. The highest BCUT2D eigenvalue weighted by Crippen LogP contribution is 2.24. The maximum atomic E-state index is 12.4. The van der Waals surface area contributed by atoms with Crippen LogP contribution in [-0.4, -0.2) is 24.3 Å². The van der Waals surface area contributed by atoms with E-state index in [1.807, 2.05) is 6.07 Å². The first-order valence-electron chi connectivity index (χ1n) is 8.83. The second-order valence-electron chi connectivity index (χ2n) is 6.54. The van der Waals surface area contributed by atoms with Gasteiger partial charge in [-0.3, -0.25) is 9.36 Å². The van der Waals surface area contributed by atoms with E-state index in [2.05, 4.69) is 15.1 Å². The minimum Gasteiger partial charge on any atom is -0.489 e. The van der Waals surface area contributed by atoms with Crippen molar-refractivity contribution >= 4 is 23.2 Å². The van der Waals surface area contributed by atoms with Crippen LogP contribution in [0.5, 0.6) is 5.75 Å². The number of fused-ring (bicyclic) bond motifs is 1. The normalized spacial score (nSPS) is 11.1. The summed E-state index contributed by atoms with van der Waals surface area (Å²) in [6, 6.07) is 12.3. The summed E-state index contributed by atoms with van der Waals surface area (Å²) in [4.78, 5) is 32.3. The smallest absolute Gasteiger partial charge is 0.352 e. The number of ether oxygens (including phenoxy) is 1. The number of benzene rings is 2. The minimum atomic E-state index is -0.651. The number of rotatable bonds is 4. The summed E-state index contributed by atoms with van der Waals surface area (Å²) < 4.78 is 8.06. The molecule has 30 heavy (non-hydrogen) atoms. The lowest BCUT2D eigenvalue weighted by Crippen LogP contribution is -2.36. The molecular weight excluding hydrogens is 429 g/mol. The van der Waals surface area contributed by atoms with E-state index in [9.17, 15) is 9.59 Å². The van der Waals surface area contributed by atoms with Gasteiger partial charge < -0.3 is 4.74 Å². The molecule has 8 nitrogen and oxygen atoms in total. The predicted molar refractivity (Wildman–Crippen MR) is 113 cm³/mol. The van der Waals surface area contributed by atoms with Crippen LogP contribution in [0.1, 0.15) is 5.56 Å². The molecule has 2 aromatic carbocycles. The summed E-state index contributed by atoms with van der Waals surface area (Å²) in [6.45, 7) is 0.288. The van der Waals surface area contributed by atoms with E-state index < -0.39 is 11.2 Å². The van der Waals surface area contributed by atoms with Crippen molar-refractivity contribution in [2.75, 3.05) is 0 Å². The molecule has 4 rings (SSSR count). The SMILES string of the molecule is Cn1nc(-c2ccc(OCc3ccc(Cl)cc3Cl)cc2)nc2c(=O)n(C)c(=O)nc1-2. The Morgan fingerprint density at radius 3 is 2.43 bits per heavy atom. The van der Waals surface area contributed by atoms with Crippen LogP contribution in [0.4, 0.5) is 0 Å². The van der Waals surface area contributed by atoms with Crippen LogP contribution in [0, 0.1) is 0 Å². The van der Waals surface area contributed by atoms with Crippen LogP contribution in [0.15, 0.2) is 52.1 Å². The molecule has 0 saturated heterocycles. The Balaban J connectivity index is 1.61. The molecule has 0 aromatic heterocycles. The van der Waals surface area contributed by atoms with Crippen molar-refractivity contribution < 1.29 is 4.74 Å². The molecule has 152 valence electrons. The average Bonchev–Trinajstić information content (AvgIpc) is 2.72. The summed E-state index contributed by atoms with van der Waals surface area (Å²) in [5, 5.41) is 5.41. The third-order valence-electron chi connectivity index (χ3n) is 4.50. The maximum absolute atomic E-state index is 12.4. The zero-order valence-corrected chi connectivity index (χ0v) is 17.5. The standard InChI is InChI=1S/C20H15Cl2N5O3/c1-26-19(28)16-18(24-20(26)29)27(2)25-17(23-16)11-4-7-14(8-5-11)30-10-12-3-6-13(21)9-15(12)22/h3-9H,10H2,1-2H3. The van der Waals surface area contributed by atoms with Gasteiger partial charge in [0.1, 0.15) is 12.4 Å². The quantitative estimate of drug-likeness (QED) is 0.481. The van der Waals surface area contributed by atoms with Gasteiger partial charge in [0.15, 0.2) is 17.3 Å². The molecule has 0 atom stereocenters. The molecule has 2 heterocycles. The van der Waals surface area contributed by atoms with Gasteiger partial charge in [0.05, 0.1) is 0 Å². The number of aromatic nitrogens is 5. The summed E-state index contributed by atoms with van der Waals surface area (Å²) in [7, 11) is 2.96. The van der Waals surface area contributed by atoms with Crippen molar-refractivity contribution in [3.05, 3.63) is 78.9 Å². The van der Waals surface area contributed by atoms with Crippen LogP contribution < -0.4 is 16.0 Å². The molecule has 2 aliphatic rings. The van der Waals surface area contributed by atoms with Crippen molar-refractivity contribution in [1.29, 1.82) is 0 Å². The number of aryl methyl sites for hydroxylation is 1. The molecule has 0 aliphatic carbocycles. The average molecular weight is 444 g/mol. The van der Waals surface area contributed by atoms with E-state index in [1.54, 1.807) is 43.4 Å². The zero-order valence-electron chi connectivity index (χ0n) is 16.0. The Labute approximate surface area is 180 Å². The predicted octanol–water partition coefficient (Wildman–Crippen LogP) is 2.93. The van der Waals surface area contributed by atoms with E-state index in [0.29, 0.717) is 27.2 Å². The van der Waals surface area contributed by atoms with Gasteiger partial charge in [-0.25, -0.2) is 14.5 Å². The first-order valence-corrected chi connectivity index (χ1v) is 9.58. The number of hydrogen-bond donors (Lipinski definition) is 0. The molecule has 0 radical (unpaired) electrons. The summed E-state index contributed by atoms with van der Waals surface area (Å²) in [6.07, 6.45) is 0. The Hall–Kier alpha value is -3.23. The molecule has 0 unspecified atom stereocenters. The second kappa shape index (κ2) is 7.89. The molecule has 0 saturated carbocycles. The molecule has 2 aliphatic heterocycles. The summed E-state index contributed by atoms with van der Waals surface area (Å²) in [5.74, 6) is 1.09. The van der Waals surface area contributed by atoms with Crippen LogP contribution in [0.25, 0.3) is 22.9 Å². The minimum absolute atomic E-state index is 0.0716. The third-order valence-corrected chi connectivity index (χ3v) is 5.09.